The molecule has 1 aliphatic rings. The first-order valence-electron chi connectivity index (χ1n) is 5.54. The maximum Gasteiger partial charge on any atom is 0.186 e. The van der Waals surface area contributed by atoms with Crippen LogP contribution < -0.4 is 4.90 Å². The summed E-state index contributed by atoms with van der Waals surface area (Å²) in [5.41, 5.74) is 1.12. The number of nitrogens with zero attached hydrogens (tertiary/aromatic N) is 2. The monoisotopic (exact) mass is 226 g/mol. The van der Waals surface area contributed by atoms with Gasteiger partial charge in [0.05, 0.1) is 12.3 Å². The van der Waals surface area contributed by atoms with Crippen LogP contribution in [0.1, 0.15) is 29.8 Å². The lowest BCUT2D eigenvalue weighted by Gasteiger charge is -2.37. The van der Waals surface area contributed by atoms with Crippen LogP contribution in [0, 0.1) is 13.8 Å². The molecule has 0 aromatic carbocycles. The Kier molecular flexibility index (Phi) is 3.26. The number of aryl methyl sites for hydroxylation is 2. The van der Waals surface area contributed by atoms with Crippen molar-refractivity contribution in [3.63, 3.8) is 0 Å². The zero-order valence-corrected chi connectivity index (χ0v) is 10.2. The van der Waals surface area contributed by atoms with E-state index in [4.69, 9.17) is 5.11 Å². The molecule has 1 N–H and O–H groups in total. The van der Waals surface area contributed by atoms with Gasteiger partial charge in [0.1, 0.15) is 0 Å². The molecular formula is C11H18N2OS. The number of hydrogen-bond acceptors (Lipinski definition) is 4. The second-order valence-electron chi connectivity index (χ2n) is 4.14. The lowest BCUT2D eigenvalue weighted by molar-refractivity contribution is 0.283. The van der Waals surface area contributed by atoms with Crippen molar-refractivity contribution in [2.24, 2.45) is 0 Å². The first-order valence-corrected chi connectivity index (χ1v) is 6.35. The number of hydrogen-bond donors (Lipinski definition) is 1. The predicted molar refractivity (Wildman–Crippen MR) is 63.7 cm³/mol. The van der Waals surface area contributed by atoms with Gasteiger partial charge in [0, 0.05) is 17.5 Å². The SMILES string of the molecule is Cc1nc(N(CCO)C2CCC2)sc1C. The second kappa shape index (κ2) is 4.49. The van der Waals surface area contributed by atoms with E-state index >= 15 is 0 Å². The van der Waals surface area contributed by atoms with Gasteiger partial charge in [-0.3, -0.25) is 0 Å². The van der Waals surface area contributed by atoms with Crippen LogP contribution in [0.2, 0.25) is 0 Å². The van der Waals surface area contributed by atoms with Crippen LogP contribution in [0.4, 0.5) is 5.13 Å². The minimum absolute atomic E-state index is 0.216. The Labute approximate surface area is 94.8 Å². The van der Waals surface area contributed by atoms with Crippen molar-refractivity contribution >= 4 is 16.5 Å². The Bertz CT molecular complexity index is 314. The molecule has 0 aliphatic heterocycles. The second-order valence-corrected chi connectivity index (χ2v) is 5.32. The zero-order valence-electron chi connectivity index (χ0n) is 9.36. The molecule has 0 atom stereocenters. The largest absolute Gasteiger partial charge is 0.395 e. The number of aliphatic hydroxyl groups is 1. The summed E-state index contributed by atoms with van der Waals surface area (Å²) in [5, 5.41) is 10.2. The molecule has 1 saturated carbocycles. The van der Waals surface area contributed by atoms with Crippen molar-refractivity contribution < 1.29 is 5.11 Å². The van der Waals surface area contributed by atoms with Gasteiger partial charge >= 0.3 is 0 Å². The molecule has 84 valence electrons. The predicted octanol–water partition coefficient (Wildman–Crippen LogP) is 2.11. The van der Waals surface area contributed by atoms with Gasteiger partial charge in [-0.05, 0) is 33.1 Å². The van der Waals surface area contributed by atoms with E-state index in [-0.39, 0.29) is 6.61 Å². The molecule has 1 fully saturated rings. The summed E-state index contributed by atoms with van der Waals surface area (Å²) in [5.74, 6) is 0. The van der Waals surface area contributed by atoms with Crippen LogP contribution in [-0.2, 0) is 0 Å². The maximum absolute atomic E-state index is 9.08. The molecule has 1 aliphatic carbocycles. The smallest absolute Gasteiger partial charge is 0.186 e. The van der Waals surface area contributed by atoms with Crippen LogP contribution in [0.25, 0.3) is 0 Å². The summed E-state index contributed by atoms with van der Waals surface area (Å²) in [7, 11) is 0. The van der Waals surface area contributed by atoms with Crippen molar-refractivity contribution in [2.75, 3.05) is 18.1 Å². The molecule has 4 heteroatoms. The van der Waals surface area contributed by atoms with Crippen LogP contribution in [0.3, 0.4) is 0 Å². The maximum atomic E-state index is 9.08. The highest BCUT2D eigenvalue weighted by Crippen LogP contribution is 2.32. The highest BCUT2D eigenvalue weighted by atomic mass is 32.1. The fourth-order valence-electron chi connectivity index (χ4n) is 1.82. The lowest BCUT2D eigenvalue weighted by Crippen LogP contribution is -2.41. The van der Waals surface area contributed by atoms with Gasteiger partial charge in [-0.1, -0.05) is 0 Å². The minimum atomic E-state index is 0.216. The molecule has 0 unspecified atom stereocenters. The van der Waals surface area contributed by atoms with Crippen molar-refractivity contribution in [3.05, 3.63) is 10.6 Å². The lowest BCUT2D eigenvalue weighted by atomic mass is 9.92. The quantitative estimate of drug-likeness (QED) is 0.854. The molecule has 1 heterocycles. The number of rotatable bonds is 4. The fourth-order valence-corrected chi connectivity index (χ4v) is 2.83. The zero-order chi connectivity index (χ0) is 10.8. The topological polar surface area (TPSA) is 36.4 Å². The average molecular weight is 226 g/mol. The number of aromatic nitrogens is 1. The molecule has 3 nitrogen and oxygen atoms in total. The van der Waals surface area contributed by atoms with E-state index in [0.717, 1.165) is 17.4 Å². The van der Waals surface area contributed by atoms with Gasteiger partial charge in [-0.25, -0.2) is 4.98 Å². The van der Waals surface area contributed by atoms with E-state index < -0.39 is 0 Å². The number of thiazole rings is 1. The van der Waals surface area contributed by atoms with E-state index in [2.05, 4.69) is 16.8 Å². The summed E-state index contributed by atoms with van der Waals surface area (Å²) >= 11 is 1.74. The van der Waals surface area contributed by atoms with Crippen molar-refractivity contribution in [2.45, 2.75) is 39.2 Å². The van der Waals surface area contributed by atoms with E-state index in [1.165, 1.54) is 24.1 Å². The first-order chi connectivity index (χ1) is 7.22. The van der Waals surface area contributed by atoms with Gasteiger partial charge in [-0.2, -0.15) is 0 Å². The summed E-state index contributed by atoms with van der Waals surface area (Å²) < 4.78 is 0. The molecule has 1 aromatic rings. The first kappa shape index (κ1) is 10.9. The summed E-state index contributed by atoms with van der Waals surface area (Å²) in [6.45, 7) is 5.09. The molecule has 0 spiro atoms. The van der Waals surface area contributed by atoms with E-state index in [1.54, 1.807) is 11.3 Å². The van der Waals surface area contributed by atoms with Crippen molar-refractivity contribution in [1.82, 2.24) is 4.98 Å². The van der Waals surface area contributed by atoms with Gasteiger partial charge in [0.15, 0.2) is 5.13 Å². The van der Waals surface area contributed by atoms with Crippen LogP contribution in [-0.4, -0.2) is 29.3 Å². The Hall–Kier alpha value is -0.610. The molecule has 0 radical (unpaired) electrons. The molecular weight excluding hydrogens is 208 g/mol. The minimum Gasteiger partial charge on any atom is -0.395 e. The summed E-state index contributed by atoms with van der Waals surface area (Å²) in [4.78, 5) is 8.12. The van der Waals surface area contributed by atoms with Gasteiger partial charge in [-0.15, -0.1) is 11.3 Å². The van der Waals surface area contributed by atoms with Crippen LogP contribution in [0.5, 0.6) is 0 Å². The van der Waals surface area contributed by atoms with Crippen LogP contribution >= 0.6 is 11.3 Å². The highest BCUT2D eigenvalue weighted by Gasteiger charge is 2.26. The van der Waals surface area contributed by atoms with E-state index in [9.17, 15) is 0 Å². The molecule has 0 bridgehead atoms. The van der Waals surface area contributed by atoms with Crippen LogP contribution in [0.15, 0.2) is 0 Å². The molecule has 0 saturated heterocycles. The normalized spacial score (nSPS) is 16.5. The molecule has 2 rings (SSSR count). The van der Waals surface area contributed by atoms with Gasteiger partial charge in [0.2, 0.25) is 0 Å². The Balaban J connectivity index is 2.15. The third-order valence-electron chi connectivity index (χ3n) is 3.12. The Morgan fingerprint density at radius 2 is 2.20 bits per heavy atom. The standard InChI is InChI=1S/C11H18N2OS/c1-8-9(2)15-11(12-8)13(6-7-14)10-4-3-5-10/h10,14H,3-7H2,1-2H3. The third kappa shape index (κ3) is 2.16. The van der Waals surface area contributed by atoms with Crippen molar-refractivity contribution in [1.29, 1.82) is 0 Å². The summed E-state index contributed by atoms with van der Waals surface area (Å²) in [6, 6.07) is 0.613. The van der Waals surface area contributed by atoms with E-state index in [1.807, 2.05) is 6.92 Å². The fraction of sp³-hybridized carbons (Fsp3) is 0.727. The number of anilines is 1. The molecule has 0 amide bonds. The molecule has 1 aromatic heterocycles. The Morgan fingerprint density at radius 3 is 2.60 bits per heavy atom. The summed E-state index contributed by atoms with van der Waals surface area (Å²) in [6.07, 6.45) is 3.81. The Morgan fingerprint density at radius 1 is 1.47 bits per heavy atom. The third-order valence-corrected chi connectivity index (χ3v) is 4.23. The van der Waals surface area contributed by atoms with Gasteiger partial charge in [0.25, 0.3) is 0 Å². The number of aliphatic hydroxyl groups excluding tert-OH is 1. The van der Waals surface area contributed by atoms with Crippen molar-refractivity contribution in [3.8, 4) is 0 Å². The molecule has 15 heavy (non-hydrogen) atoms. The van der Waals surface area contributed by atoms with Gasteiger partial charge < -0.3 is 10.0 Å². The highest BCUT2D eigenvalue weighted by molar-refractivity contribution is 7.15. The average Bonchev–Trinajstić information content (AvgIpc) is 2.43. The van der Waals surface area contributed by atoms with E-state index in [0.29, 0.717) is 6.04 Å².